The molecular weight excluding hydrogens is 369 g/mol. The van der Waals surface area contributed by atoms with Crippen molar-refractivity contribution in [2.75, 3.05) is 0 Å². The van der Waals surface area contributed by atoms with Gasteiger partial charge in [-0.25, -0.2) is 9.97 Å². The Morgan fingerprint density at radius 1 is 0.783 bits per heavy atom. The molecule has 0 saturated heterocycles. The minimum absolute atomic E-state index is 0.0540. The average molecular weight is 379 g/mol. The number of hydrogen-bond acceptors (Lipinski definition) is 2. The van der Waals surface area contributed by atoms with Gasteiger partial charge in [0.1, 0.15) is 5.69 Å². The van der Waals surface area contributed by atoms with Crippen molar-refractivity contribution in [1.82, 2.24) is 9.97 Å². The van der Waals surface area contributed by atoms with Crippen LogP contribution in [0.3, 0.4) is 0 Å². The second-order valence-corrected chi connectivity index (χ2v) is 5.75. The van der Waals surface area contributed by atoms with E-state index in [2.05, 4.69) is 25.9 Å². The maximum atomic E-state index is 13.1. The summed E-state index contributed by atoms with van der Waals surface area (Å²) in [5, 5.41) is 0. The second-order valence-electron chi connectivity index (χ2n) is 4.83. The van der Waals surface area contributed by atoms with E-state index in [0.717, 1.165) is 10.5 Å². The van der Waals surface area contributed by atoms with Crippen molar-refractivity contribution in [3.63, 3.8) is 0 Å². The Bertz CT molecular complexity index is 815. The van der Waals surface area contributed by atoms with Crippen molar-refractivity contribution in [2.45, 2.75) is 6.18 Å². The summed E-state index contributed by atoms with van der Waals surface area (Å²) in [7, 11) is 0. The topological polar surface area (TPSA) is 25.8 Å². The van der Waals surface area contributed by atoms with Crippen LogP contribution in [0.1, 0.15) is 5.69 Å². The van der Waals surface area contributed by atoms with Crippen molar-refractivity contribution >= 4 is 15.9 Å². The van der Waals surface area contributed by atoms with Gasteiger partial charge in [0, 0.05) is 15.6 Å². The lowest BCUT2D eigenvalue weighted by molar-refractivity contribution is -0.141. The van der Waals surface area contributed by atoms with Gasteiger partial charge in [0.25, 0.3) is 0 Å². The van der Waals surface area contributed by atoms with Crippen LogP contribution < -0.4 is 0 Å². The molecule has 1 aromatic heterocycles. The van der Waals surface area contributed by atoms with Gasteiger partial charge in [-0.05, 0) is 18.2 Å². The van der Waals surface area contributed by atoms with Crippen LogP contribution in [0.25, 0.3) is 22.6 Å². The summed E-state index contributed by atoms with van der Waals surface area (Å²) < 4.78 is 40.3. The molecule has 0 spiro atoms. The summed E-state index contributed by atoms with van der Waals surface area (Å²) >= 11 is 3.30. The summed E-state index contributed by atoms with van der Waals surface area (Å²) in [5.74, 6) is 0.0540. The maximum absolute atomic E-state index is 13.1. The summed E-state index contributed by atoms with van der Waals surface area (Å²) in [5.41, 5.74) is 0.415. The first-order valence-corrected chi connectivity index (χ1v) is 7.50. The van der Waals surface area contributed by atoms with Gasteiger partial charge in [-0.3, -0.25) is 0 Å². The number of alkyl halides is 3. The van der Waals surface area contributed by atoms with Gasteiger partial charge < -0.3 is 0 Å². The van der Waals surface area contributed by atoms with Crippen molar-refractivity contribution in [2.24, 2.45) is 0 Å². The van der Waals surface area contributed by atoms with Crippen LogP contribution in [0.15, 0.2) is 65.1 Å². The summed E-state index contributed by atoms with van der Waals surface area (Å²) in [6.45, 7) is 0. The van der Waals surface area contributed by atoms with E-state index in [4.69, 9.17) is 0 Å². The molecule has 0 unspecified atom stereocenters. The molecule has 0 atom stereocenters. The van der Waals surface area contributed by atoms with Crippen LogP contribution >= 0.6 is 15.9 Å². The highest BCUT2D eigenvalue weighted by molar-refractivity contribution is 9.10. The molecule has 6 heteroatoms. The average Bonchev–Trinajstić information content (AvgIpc) is 2.55. The highest BCUT2D eigenvalue weighted by atomic mass is 79.9. The van der Waals surface area contributed by atoms with Gasteiger partial charge >= 0.3 is 6.18 Å². The number of nitrogens with zero attached hydrogens (tertiary/aromatic N) is 2. The molecule has 2 nitrogen and oxygen atoms in total. The Labute approximate surface area is 139 Å². The molecule has 3 aromatic rings. The lowest BCUT2D eigenvalue weighted by Crippen LogP contribution is -2.10. The monoisotopic (exact) mass is 378 g/mol. The van der Waals surface area contributed by atoms with E-state index < -0.39 is 11.9 Å². The predicted molar refractivity (Wildman–Crippen MR) is 85.6 cm³/mol. The van der Waals surface area contributed by atoms with Crippen molar-refractivity contribution in [3.8, 4) is 22.6 Å². The number of aromatic nitrogens is 2. The Morgan fingerprint density at radius 3 is 2.04 bits per heavy atom. The quantitative estimate of drug-likeness (QED) is 0.580. The molecule has 1 heterocycles. The third-order valence-electron chi connectivity index (χ3n) is 3.19. The van der Waals surface area contributed by atoms with Gasteiger partial charge in [-0.15, -0.1) is 0 Å². The number of benzene rings is 2. The Kier molecular flexibility index (Phi) is 4.17. The van der Waals surface area contributed by atoms with E-state index in [9.17, 15) is 13.2 Å². The molecule has 0 radical (unpaired) electrons. The number of halogens is 4. The lowest BCUT2D eigenvalue weighted by atomic mass is 10.1. The summed E-state index contributed by atoms with van der Waals surface area (Å²) in [6.07, 6.45) is -4.53. The first kappa shape index (κ1) is 15.7. The van der Waals surface area contributed by atoms with Crippen molar-refractivity contribution in [3.05, 3.63) is 70.8 Å². The van der Waals surface area contributed by atoms with Gasteiger partial charge in [0.05, 0.1) is 5.69 Å². The normalized spacial score (nSPS) is 11.5. The molecule has 0 aliphatic heterocycles. The van der Waals surface area contributed by atoms with Crippen LogP contribution in [0, 0.1) is 0 Å². The van der Waals surface area contributed by atoms with Crippen LogP contribution in [-0.4, -0.2) is 9.97 Å². The van der Waals surface area contributed by atoms with Crippen molar-refractivity contribution in [1.29, 1.82) is 0 Å². The Balaban J connectivity index is 2.18. The third-order valence-corrected chi connectivity index (χ3v) is 3.72. The zero-order valence-electron chi connectivity index (χ0n) is 11.7. The zero-order chi connectivity index (χ0) is 16.4. The highest BCUT2D eigenvalue weighted by Gasteiger charge is 2.33. The van der Waals surface area contributed by atoms with Crippen LogP contribution in [0.2, 0.25) is 0 Å². The largest absolute Gasteiger partial charge is 0.433 e. The standard InChI is InChI=1S/C17H10BrF3N2/c18-13-8-6-11(7-9-13)14-10-15(17(19,20)21)23-16(22-14)12-4-2-1-3-5-12/h1-10H. The molecule has 0 N–H and O–H groups in total. The smallest absolute Gasteiger partial charge is 0.228 e. The number of rotatable bonds is 2. The van der Waals surface area contributed by atoms with E-state index >= 15 is 0 Å². The first-order chi connectivity index (χ1) is 10.9. The van der Waals surface area contributed by atoms with Gasteiger partial charge in [-0.2, -0.15) is 13.2 Å². The van der Waals surface area contributed by atoms with Crippen LogP contribution in [0.5, 0.6) is 0 Å². The van der Waals surface area contributed by atoms with Gasteiger partial charge in [0.2, 0.25) is 0 Å². The van der Waals surface area contributed by atoms with Crippen molar-refractivity contribution < 1.29 is 13.2 Å². The van der Waals surface area contributed by atoms with E-state index in [-0.39, 0.29) is 11.5 Å². The van der Waals surface area contributed by atoms with Gasteiger partial charge in [0.15, 0.2) is 5.82 Å². The van der Waals surface area contributed by atoms with E-state index in [0.29, 0.717) is 11.1 Å². The molecule has 0 amide bonds. The SMILES string of the molecule is FC(F)(F)c1cc(-c2ccc(Br)cc2)nc(-c2ccccc2)n1. The summed E-state index contributed by atoms with van der Waals surface area (Å²) in [6, 6.07) is 16.5. The second kappa shape index (κ2) is 6.12. The molecule has 3 rings (SSSR count). The fourth-order valence-corrected chi connectivity index (χ4v) is 2.34. The molecule has 23 heavy (non-hydrogen) atoms. The first-order valence-electron chi connectivity index (χ1n) is 6.71. The summed E-state index contributed by atoms with van der Waals surface area (Å²) in [4.78, 5) is 7.96. The van der Waals surface area contributed by atoms with E-state index in [1.807, 2.05) is 0 Å². The fourth-order valence-electron chi connectivity index (χ4n) is 2.08. The third kappa shape index (κ3) is 3.59. The maximum Gasteiger partial charge on any atom is 0.433 e. The molecule has 2 aromatic carbocycles. The zero-order valence-corrected chi connectivity index (χ0v) is 13.3. The molecule has 0 saturated carbocycles. The Hall–Kier alpha value is -2.21. The van der Waals surface area contributed by atoms with E-state index in [1.54, 1.807) is 54.6 Å². The van der Waals surface area contributed by atoms with E-state index in [1.165, 1.54) is 0 Å². The van der Waals surface area contributed by atoms with Crippen LogP contribution in [0.4, 0.5) is 13.2 Å². The minimum Gasteiger partial charge on any atom is -0.228 e. The van der Waals surface area contributed by atoms with Gasteiger partial charge in [-0.1, -0.05) is 58.4 Å². The lowest BCUT2D eigenvalue weighted by Gasteiger charge is -2.11. The highest BCUT2D eigenvalue weighted by Crippen LogP contribution is 2.32. The molecule has 0 bridgehead atoms. The molecule has 116 valence electrons. The fraction of sp³-hybridized carbons (Fsp3) is 0.0588. The molecule has 0 aliphatic rings. The molecular formula is C17H10BrF3N2. The molecule has 0 fully saturated rings. The minimum atomic E-state index is -4.53. The molecule has 0 aliphatic carbocycles. The Morgan fingerprint density at radius 2 is 1.43 bits per heavy atom. The van der Waals surface area contributed by atoms with Crippen LogP contribution in [-0.2, 0) is 6.18 Å². The number of hydrogen-bond donors (Lipinski definition) is 0. The predicted octanol–water partition coefficient (Wildman–Crippen LogP) is 5.59.